The molecule has 0 saturated carbocycles. The molecule has 5 nitrogen and oxygen atoms in total. The highest BCUT2D eigenvalue weighted by atomic mass is 16.8. The first-order chi connectivity index (χ1) is 9.31. The summed E-state index contributed by atoms with van der Waals surface area (Å²) < 4.78 is 5.74. The molecular weight excluding hydrogens is 244 g/mol. The molecule has 0 spiro atoms. The molecule has 3 unspecified atom stereocenters. The standard InChI is InChI=1S/C14H16N2O3/c17-14(15-8-11-6-7-12(9-15)18-11)16-13(19-16)10-4-2-1-3-5-10/h1-5,11-13H,6-9H2. The summed E-state index contributed by atoms with van der Waals surface area (Å²) in [7, 11) is 0. The van der Waals surface area contributed by atoms with Gasteiger partial charge in [-0.1, -0.05) is 30.3 Å². The average Bonchev–Trinajstić information content (AvgIpc) is 3.19. The predicted octanol–water partition coefficient (Wildman–Crippen LogP) is 1.92. The van der Waals surface area contributed by atoms with Gasteiger partial charge in [-0.2, -0.15) is 5.06 Å². The first-order valence-corrected chi connectivity index (χ1v) is 6.76. The zero-order valence-electron chi connectivity index (χ0n) is 10.6. The van der Waals surface area contributed by atoms with Crippen molar-refractivity contribution in [3.8, 4) is 0 Å². The van der Waals surface area contributed by atoms with E-state index in [2.05, 4.69) is 0 Å². The summed E-state index contributed by atoms with van der Waals surface area (Å²) in [5.41, 5.74) is 1.02. The molecule has 3 heterocycles. The van der Waals surface area contributed by atoms with Crippen LogP contribution in [0.3, 0.4) is 0 Å². The molecule has 2 amide bonds. The Balaban J connectivity index is 1.43. The number of hydrogen-bond donors (Lipinski definition) is 0. The first-order valence-electron chi connectivity index (χ1n) is 6.76. The molecule has 3 atom stereocenters. The fourth-order valence-electron chi connectivity index (χ4n) is 2.95. The van der Waals surface area contributed by atoms with E-state index in [9.17, 15) is 4.79 Å². The second-order valence-corrected chi connectivity index (χ2v) is 5.34. The number of urea groups is 1. The van der Waals surface area contributed by atoms with E-state index in [-0.39, 0.29) is 24.5 Å². The van der Waals surface area contributed by atoms with Crippen LogP contribution < -0.4 is 0 Å². The largest absolute Gasteiger partial charge is 0.371 e. The Morgan fingerprint density at radius 3 is 2.47 bits per heavy atom. The number of rotatable bonds is 1. The summed E-state index contributed by atoms with van der Waals surface area (Å²) in [6.07, 6.45) is 2.36. The van der Waals surface area contributed by atoms with Gasteiger partial charge >= 0.3 is 6.03 Å². The monoisotopic (exact) mass is 260 g/mol. The van der Waals surface area contributed by atoms with E-state index in [1.54, 1.807) is 0 Å². The van der Waals surface area contributed by atoms with Gasteiger partial charge in [-0.25, -0.2) is 9.63 Å². The number of hydrogen-bond acceptors (Lipinski definition) is 3. The average molecular weight is 260 g/mol. The quantitative estimate of drug-likeness (QED) is 0.725. The molecule has 4 rings (SSSR count). The Kier molecular flexibility index (Phi) is 2.50. The van der Waals surface area contributed by atoms with E-state index in [1.165, 1.54) is 5.06 Å². The van der Waals surface area contributed by atoms with Crippen molar-refractivity contribution in [2.24, 2.45) is 0 Å². The van der Waals surface area contributed by atoms with E-state index in [1.807, 2.05) is 35.2 Å². The van der Waals surface area contributed by atoms with Gasteiger partial charge in [-0.15, -0.1) is 0 Å². The lowest BCUT2D eigenvalue weighted by molar-refractivity contribution is -0.0291. The third kappa shape index (κ3) is 1.99. The van der Waals surface area contributed by atoms with Crippen LogP contribution in [0.25, 0.3) is 0 Å². The van der Waals surface area contributed by atoms with Gasteiger partial charge in [-0.05, 0) is 12.8 Å². The van der Waals surface area contributed by atoms with Crippen molar-refractivity contribution in [1.29, 1.82) is 0 Å². The van der Waals surface area contributed by atoms with Gasteiger partial charge in [-0.3, -0.25) is 0 Å². The molecule has 3 aliphatic rings. The van der Waals surface area contributed by atoms with Gasteiger partial charge in [0.1, 0.15) is 0 Å². The lowest BCUT2D eigenvalue weighted by atomic mass is 10.2. The van der Waals surface area contributed by atoms with Crippen LogP contribution in [0.2, 0.25) is 0 Å². The number of nitrogens with zero attached hydrogens (tertiary/aromatic N) is 2. The van der Waals surface area contributed by atoms with Crippen LogP contribution in [0, 0.1) is 0 Å². The van der Waals surface area contributed by atoms with Gasteiger partial charge < -0.3 is 9.64 Å². The van der Waals surface area contributed by atoms with Crippen LogP contribution in [-0.4, -0.2) is 41.3 Å². The van der Waals surface area contributed by atoms with E-state index in [0.717, 1.165) is 18.4 Å². The van der Waals surface area contributed by atoms with E-state index in [4.69, 9.17) is 9.57 Å². The van der Waals surface area contributed by atoms with Gasteiger partial charge in [0.15, 0.2) is 0 Å². The molecule has 1 aromatic rings. The second kappa shape index (κ2) is 4.21. The predicted molar refractivity (Wildman–Crippen MR) is 67.0 cm³/mol. The number of carbonyl (C=O) groups excluding carboxylic acids is 1. The summed E-state index contributed by atoms with van der Waals surface area (Å²) in [5.74, 6) is 0. The third-order valence-corrected chi connectivity index (χ3v) is 3.97. The number of benzene rings is 1. The number of ether oxygens (including phenoxy) is 1. The maximum absolute atomic E-state index is 12.3. The van der Waals surface area contributed by atoms with Gasteiger partial charge in [0.2, 0.25) is 6.23 Å². The molecule has 2 bridgehead atoms. The maximum atomic E-state index is 12.3. The highest BCUT2D eigenvalue weighted by Crippen LogP contribution is 2.38. The van der Waals surface area contributed by atoms with Crippen LogP contribution in [0.1, 0.15) is 24.6 Å². The number of hydroxylamine groups is 2. The van der Waals surface area contributed by atoms with Crippen molar-refractivity contribution >= 4 is 6.03 Å². The van der Waals surface area contributed by atoms with E-state index < -0.39 is 0 Å². The number of amides is 2. The summed E-state index contributed by atoms with van der Waals surface area (Å²) >= 11 is 0. The van der Waals surface area contributed by atoms with Crippen LogP contribution in [0.4, 0.5) is 4.79 Å². The summed E-state index contributed by atoms with van der Waals surface area (Å²) in [5, 5.41) is 1.46. The van der Waals surface area contributed by atoms with Crippen LogP contribution in [0.15, 0.2) is 30.3 Å². The highest BCUT2D eigenvalue weighted by molar-refractivity contribution is 5.75. The summed E-state index contributed by atoms with van der Waals surface area (Å²) in [6.45, 7) is 1.38. The molecule has 1 aromatic carbocycles. The minimum Gasteiger partial charge on any atom is -0.371 e. The van der Waals surface area contributed by atoms with Crippen molar-refractivity contribution in [3.63, 3.8) is 0 Å². The lowest BCUT2D eigenvalue weighted by Gasteiger charge is -2.31. The lowest BCUT2D eigenvalue weighted by Crippen LogP contribution is -2.47. The van der Waals surface area contributed by atoms with Gasteiger partial charge in [0, 0.05) is 18.7 Å². The zero-order chi connectivity index (χ0) is 12.8. The fourth-order valence-corrected chi connectivity index (χ4v) is 2.95. The van der Waals surface area contributed by atoms with Gasteiger partial charge in [0.25, 0.3) is 0 Å². The topological polar surface area (TPSA) is 45.1 Å². The van der Waals surface area contributed by atoms with Crippen molar-refractivity contribution in [2.75, 3.05) is 13.1 Å². The smallest absolute Gasteiger partial charge is 0.347 e. The fraction of sp³-hybridized carbons (Fsp3) is 0.500. The highest BCUT2D eigenvalue weighted by Gasteiger charge is 2.47. The number of morpholine rings is 1. The Morgan fingerprint density at radius 1 is 1.11 bits per heavy atom. The molecular formula is C14H16N2O3. The molecule has 0 aliphatic carbocycles. The Labute approximate surface area is 111 Å². The van der Waals surface area contributed by atoms with Crippen LogP contribution >= 0.6 is 0 Å². The van der Waals surface area contributed by atoms with E-state index >= 15 is 0 Å². The molecule has 3 saturated heterocycles. The van der Waals surface area contributed by atoms with Crippen molar-refractivity contribution in [1.82, 2.24) is 9.96 Å². The molecule has 0 radical (unpaired) electrons. The van der Waals surface area contributed by atoms with Crippen molar-refractivity contribution < 1.29 is 14.4 Å². The Morgan fingerprint density at radius 2 is 1.79 bits per heavy atom. The molecule has 5 heteroatoms. The maximum Gasteiger partial charge on any atom is 0.347 e. The van der Waals surface area contributed by atoms with Crippen molar-refractivity contribution in [2.45, 2.75) is 31.3 Å². The Bertz CT molecular complexity index is 481. The van der Waals surface area contributed by atoms with E-state index in [0.29, 0.717) is 13.1 Å². The number of fused-ring (bicyclic) bond motifs is 2. The van der Waals surface area contributed by atoms with Gasteiger partial charge in [0.05, 0.1) is 12.2 Å². The second-order valence-electron chi connectivity index (χ2n) is 5.34. The van der Waals surface area contributed by atoms with Crippen LogP contribution in [-0.2, 0) is 9.57 Å². The molecule has 19 heavy (non-hydrogen) atoms. The number of likely N-dealkylation sites (tertiary alicyclic amines) is 1. The molecule has 3 aliphatic heterocycles. The summed E-state index contributed by atoms with van der Waals surface area (Å²) in [4.78, 5) is 19.6. The third-order valence-electron chi connectivity index (χ3n) is 3.97. The first kappa shape index (κ1) is 11.3. The minimum absolute atomic E-state index is 0.0333. The zero-order valence-corrected chi connectivity index (χ0v) is 10.6. The number of carbonyl (C=O) groups is 1. The SMILES string of the molecule is O=C(N1CC2CCC(C1)O2)N1OC1c1ccccc1. The molecule has 3 fully saturated rings. The van der Waals surface area contributed by atoms with Crippen molar-refractivity contribution in [3.05, 3.63) is 35.9 Å². The molecule has 0 aromatic heterocycles. The Hall–Kier alpha value is -1.59. The molecule has 0 N–H and O–H groups in total. The normalized spacial score (nSPS) is 32.5. The molecule has 100 valence electrons. The van der Waals surface area contributed by atoms with Crippen LogP contribution in [0.5, 0.6) is 0 Å². The minimum atomic E-state index is -0.214. The summed E-state index contributed by atoms with van der Waals surface area (Å²) in [6, 6.07) is 9.78.